The average Bonchev–Trinajstić information content (AvgIpc) is 3.66. The van der Waals surface area contributed by atoms with E-state index in [0.717, 1.165) is 11.4 Å². The Balaban J connectivity index is 1.46. The highest BCUT2D eigenvalue weighted by Gasteiger charge is 2.45. The van der Waals surface area contributed by atoms with Gasteiger partial charge >= 0.3 is 5.97 Å². The molecule has 2 unspecified atom stereocenters. The monoisotopic (exact) mass is 1070 g/mol. The maximum Gasteiger partial charge on any atom is 0.303 e. The van der Waals surface area contributed by atoms with E-state index in [1.54, 1.807) is 24.3 Å². The van der Waals surface area contributed by atoms with Gasteiger partial charge < -0.3 is 30.5 Å². The number of carbonyl (C=O) groups excluding carboxylic acids is 3. The van der Waals surface area contributed by atoms with Crippen LogP contribution in [0.5, 0.6) is 0 Å². The number of carbonyl (C=O) groups is 4. The Morgan fingerprint density at radius 1 is 0.808 bits per heavy atom. The second-order valence-corrected chi connectivity index (χ2v) is 24.1. The van der Waals surface area contributed by atoms with Crippen LogP contribution in [0.2, 0.25) is 0 Å². The predicted octanol–water partition coefficient (Wildman–Crippen LogP) is 6.32. The molecule has 0 saturated heterocycles. The number of aliphatic carboxylic acids is 1. The van der Waals surface area contributed by atoms with Crippen LogP contribution < -0.4 is 20.9 Å². The molecule has 0 bridgehead atoms. The number of hydrogen-bond acceptors (Lipinski definition) is 12. The van der Waals surface area contributed by atoms with Crippen molar-refractivity contribution in [3.63, 3.8) is 0 Å². The van der Waals surface area contributed by atoms with E-state index in [0.29, 0.717) is 126 Å². The first-order valence-electron chi connectivity index (χ1n) is 25.0. The molecule has 2 atom stereocenters. The normalized spacial score (nSPS) is 22.7. The van der Waals surface area contributed by atoms with Gasteiger partial charge in [-0.3, -0.25) is 28.3 Å². The number of benzene rings is 2. The van der Waals surface area contributed by atoms with Gasteiger partial charge in [0.05, 0.1) is 21.0 Å². The molecule has 0 radical (unpaired) electrons. The summed E-state index contributed by atoms with van der Waals surface area (Å²) in [6.45, 7) is 7.09. The van der Waals surface area contributed by atoms with Gasteiger partial charge in [0.25, 0.3) is 20.2 Å². The number of rotatable bonds is 13. The summed E-state index contributed by atoms with van der Waals surface area (Å²) in [6, 6.07) is 7.77. The maximum atomic E-state index is 13.3. The lowest BCUT2D eigenvalue weighted by molar-refractivity contribution is -0.438. The zero-order valence-corrected chi connectivity index (χ0v) is 44.4. The number of carboxylic acid groups (broad SMARTS) is 1. The van der Waals surface area contributed by atoms with Gasteiger partial charge in [-0.25, -0.2) is 8.42 Å². The number of fused-ring (bicyclic) bond motifs is 5. The number of hydrogen-bond donors (Lipinski definition) is 6. The van der Waals surface area contributed by atoms with Crippen molar-refractivity contribution in [2.45, 2.75) is 157 Å². The van der Waals surface area contributed by atoms with E-state index in [1.807, 2.05) is 43.9 Å². The third kappa shape index (κ3) is 16.6. The molecule has 3 aliphatic heterocycles. The molecular formula is C51H71N5O14S3. The van der Waals surface area contributed by atoms with E-state index in [1.165, 1.54) is 24.3 Å². The number of allylic oxidation sites excluding steroid dienone is 6. The summed E-state index contributed by atoms with van der Waals surface area (Å²) in [5.74, 6) is -2.18. The smallest absolute Gasteiger partial charge is 0.303 e. The van der Waals surface area contributed by atoms with Crippen LogP contribution in [0.3, 0.4) is 0 Å². The van der Waals surface area contributed by atoms with Crippen LogP contribution in [0.15, 0.2) is 82.3 Å². The molecule has 3 amide bonds. The van der Waals surface area contributed by atoms with Crippen molar-refractivity contribution in [2.75, 3.05) is 36.8 Å². The summed E-state index contributed by atoms with van der Waals surface area (Å²) in [6.07, 6.45) is 16.7. The molecule has 0 spiro atoms. The molecule has 6 N–H and O–H groups in total. The Bertz CT molecular complexity index is 2820. The second kappa shape index (κ2) is 25.8. The van der Waals surface area contributed by atoms with Crippen LogP contribution >= 0.6 is 0 Å². The Labute approximate surface area is 429 Å². The van der Waals surface area contributed by atoms with E-state index in [-0.39, 0.29) is 59.7 Å². The van der Waals surface area contributed by atoms with Crippen LogP contribution in [-0.2, 0) is 60.4 Å². The Kier molecular flexibility index (Phi) is 20.7. The van der Waals surface area contributed by atoms with E-state index in [4.69, 9.17) is 5.11 Å². The van der Waals surface area contributed by atoms with Crippen LogP contribution in [0.25, 0.3) is 0 Å². The number of anilines is 1. The van der Waals surface area contributed by atoms with E-state index in [9.17, 15) is 58.1 Å². The van der Waals surface area contributed by atoms with Crippen LogP contribution in [0.4, 0.5) is 11.4 Å². The summed E-state index contributed by atoms with van der Waals surface area (Å²) in [4.78, 5) is 51.6. The molecule has 3 aliphatic rings. The molecule has 22 heteroatoms. The number of carboxylic acids is 1. The van der Waals surface area contributed by atoms with Gasteiger partial charge in [-0.05, 0) is 127 Å². The summed E-state index contributed by atoms with van der Waals surface area (Å²) >= 11 is 0. The topological polar surface area (TPSA) is 297 Å². The SMILES string of the molecule is CC1(C)C2=[N+](CCCCCC(=O)NC(C(=O)NCCCCCC(=O)O)CCCCNC(=O)CCCCCC3(C)/C(=C/C=C/C=C/2)N(CCCS(=O)(=O)O)c2ccc(S(=O)(=O)O)cc23)c2ccc(S(=O)(=O)[O-])cc21. The Morgan fingerprint density at radius 3 is 2.21 bits per heavy atom. The Morgan fingerprint density at radius 2 is 1.51 bits per heavy atom. The number of amides is 3. The highest BCUT2D eigenvalue weighted by Crippen LogP contribution is 2.51. The molecule has 19 nitrogen and oxygen atoms in total. The quantitative estimate of drug-likeness (QED) is 0.0726. The fraction of sp³-hybridized carbons (Fsp3) is 0.549. The molecule has 0 aliphatic carbocycles. The van der Waals surface area contributed by atoms with Crippen molar-refractivity contribution in [2.24, 2.45) is 0 Å². The molecular weight excluding hydrogens is 1000 g/mol. The van der Waals surface area contributed by atoms with Gasteiger partial charge in [-0.2, -0.15) is 21.4 Å². The molecule has 0 fully saturated rings. The van der Waals surface area contributed by atoms with Gasteiger partial charge in [0, 0.05) is 79.8 Å². The maximum absolute atomic E-state index is 13.3. The fourth-order valence-corrected chi connectivity index (χ4v) is 11.4. The zero-order valence-electron chi connectivity index (χ0n) is 41.9. The molecule has 2 aromatic rings. The highest BCUT2D eigenvalue weighted by atomic mass is 32.2. The van der Waals surface area contributed by atoms with Crippen LogP contribution in [0.1, 0.15) is 141 Å². The lowest BCUT2D eigenvalue weighted by Gasteiger charge is -2.30. The molecule has 3 heterocycles. The summed E-state index contributed by atoms with van der Waals surface area (Å²) in [5, 5.41) is 17.6. The van der Waals surface area contributed by atoms with E-state index < -0.39 is 58.9 Å². The summed E-state index contributed by atoms with van der Waals surface area (Å²) in [7, 11) is -13.7. The number of unbranched alkanes of at least 4 members (excludes halogenated alkanes) is 2. The molecule has 0 saturated carbocycles. The van der Waals surface area contributed by atoms with Crippen molar-refractivity contribution in [1.29, 1.82) is 0 Å². The summed E-state index contributed by atoms with van der Waals surface area (Å²) < 4.78 is 107. The minimum Gasteiger partial charge on any atom is -0.744 e. The molecule has 73 heavy (non-hydrogen) atoms. The van der Waals surface area contributed by atoms with E-state index in [2.05, 4.69) is 20.5 Å². The first kappa shape index (κ1) is 58.6. The second-order valence-electron chi connectivity index (χ2n) is 19.7. The molecule has 0 aromatic heterocycles. The largest absolute Gasteiger partial charge is 0.744 e. The third-order valence-electron chi connectivity index (χ3n) is 13.8. The van der Waals surface area contributed by atoms with Crippen LogP contribution in [0, 0.1) is 0 Å². The van der Waals surface area contributed by atoms with Crippen molar-refractivity contribution in [1.82, 2.24) is 16.0 Å². The number of nitrogens with zero attached hydrogens (tertiary/aromatic N) is 2. The van der Waals surface area contributed by atoms with Gasteiger partial charge in [-0.15, -0.1) is 0 Å². The minimum atomic E-state index is -4.77. The van der Waals surface area contributed by atoms with Gasteiger partial charge in [-0.1, -0.05) is 37.5 Å². The summed E-state index contributed by atoms with van der Waals surface area (Å²) in [5.41, 5.74) is 2.42. The lowest BCUT2D eigenvalue weighted by Crippen LogP contribution is -2.47. The average molecular weight is 1070 g/mol. The molecule has 5 rings (SSSR count). The van der Waals surface area contributed by atoms with Crippen molar-refractivity contribution < 1.29 is 67.8 Å². The molecule has 402 valence electrons. The van der Waals surface area contributed by atoms with Crippen molar-refractivity contribution in [3.05, 3.63) is 83.6 Å². The Hall–Kier alpha value is -5.26. The lowest BCUT2D eigenvalue weighted by atomic mass is 9.77. The van der Waals surface area contributed by atoms with Gasteiger partial charge in [0.2, 0.25) is 23.4 Å². The zero-order chi connectivity index (χ0) is 53.6. The highest BCUT2D eigenvalue weighted by molar-refractivity contribution is 7.86. The number of nitrogens with one attached hydrogen (secondary N) is 3. The van der Waals surface area contributed by atoms with Crippen LogP contribution in [-0.4, -0.2) is 116 Å². The minimum absolute atomic E-state index is 0.0333. The van der Waals surface area contributed by atoms with Crippen molar-refractivity contribution in [3.8, 4) is 0 Å². The first-order chi connectivity index (χ1) is 34.3. The fourth-order valence-electron chi connectivity index (χ4n) is 9.92. The third-order valence-corrected chi connectivity index (χ3v) is 16.3. The first-order valence-corrected chi connectivity index (χ1v) is 29.5. The molecule has 2 aromatic carbocycles. The van der Waals surface area contributed by atoms with Crippen molar-refractivity contribution >= 4 is 71.1 Å². The predicted molar refractivity (Wildman–Crippen MR) is 275 cm³/mol. The standard InChI is InChI=1S/C51H71N5O14S3/c1-50(2)39-35-37(72(65,66)67)25-27-42(39)55-32-17-7-11-23-47(58)54-41(49(61)53-31-15-6-12-24-48(59)60)19-13-16-30-52-46(57)22-10-5-14-29-51(3)40-36-38(73(68,69)70)26-28-43(40)56(33-18-34-71(62,63)64)45(51)21-9-4-8-20-44(50)55/h4,8-9,20-21,25-28,35-36,41H,5-7,10-19,22-24,29-34H2,1-3H3,(H6-,52,53,54,57,58,59,60,61,62,63,64,65,66,67,68,69,70). The van der Waals surface area contributed by atoms with E-state index >= 15 is 0 Å². The van der Waals surface area contributed by atoms with Gasteiger partial charge in [0.15, 0.2) is 5.71 Å². The van der Waals surface area contributed by atoms with Gasteiger partial charge in [0.1, 0.15) is 22.7 Å².